The molecule has 1 aromatic heterocycles. The normalized spacial score (nSPS) is 9.93. The Labute approximate surface area is 86.3 Å². The molecule has 1 aromatic rings. The van der Waals surface area contributed by atoms with Gasteiger partial charge in [-0.05, 0) is 12.5 Å². The van der Waals surface area contributed by atoms with Gasteiger partial charge >= 0.3 is 0 Å². The predicted octanol–water partition coefficient (Wildman–Crippen LogP) is 2.01. The van der Waals surface area contributed by atoms with Crippen molar-refractivity contribution in [3.63, 3.8) is 0 Å². The van der Waals surface area contributed by atoms with E-state index in [0.717, 1.165) is 18.7 Å². The molecule has 1 amide bonds. The maximum absolute atomic E-state index is 12.7. The fraction of sp³-hybridized carbons (Fsp3) is 0.333. The summed E-state index contributed by atoms with van der Waals surface area (Å²) in [6, 6.07) is 1.07. The molecule has 0 unspecified atom stereocenters. The van der Waals surface area contributed by atoms with Crippen molar-refractivity contribution >= 4 is 17.5 Å². The van der Waals surface area contributed by atoms with E-state index in [2.05, 4.69) is 10.3 Å². The lowest BCUT2D eigenvalue weighted by Gasteiger charge is -2.04. The van der Waals surface area contributed by atoms with Gasteiger partial charge in [-0.15, -0.1) is 0 Å². The first kappa shape index (κ1) is 10.9. The van der Waals surface area contributed by atoms with Gasteiger partial charge in [0.2, 0.25) is 0 Å². The minimum Gasteiger partial charge on any atom is -0.352 e. The summed E-state index contributed by atoms with van der Waals surface area (Å²) >= 11 is 5.63. The first-order chi connectivity index (χ1) is 6.65. The van der Waals surface area contributed by atoms with Crippen LogP contribution in [0.5, 0.6) is 0 Å². The molecule has 3 nitrogen and oxygen atoms in total. The number of hydrogen-bond acceptors (Lipinski definition) is 2. The molecular formula is C9H10ClFN2O. The van der Waals surface area contributed by atoms with Crippen molar-refractivity contribution in [3.8, 4) is 0 Å². The summed E-state index contributed by atoms with van der Waals surface area (Å²) in [5.74, 6) is -0.972. The Morgan fingerprint density at radius 2 is 2.43 bits per heavy atom. The highest BCUT2D eigenvalue weighted by molar-refractivity contribution is 6.32. The van der Waals surface area contributed by atoms with Crippen LogP contribution >= 0.6 is 11.6 Å². The van der Waals surface area contributed by atoms with E-state index in [1.807, 2.05) is 6.92 Å². The quantitative estimate of drug-likeness (QED) is 0.786. The zero-order valence-corrected chi connectivity index (χ0v) is 8.44. The van der Waals surface area contributed by atoms with Crippen LogP contribution < -0.4 is 5.32 Å². The number of pyridine rings is 1. The van der Waals surface area contributed by atoms with E-state index < -0.39 is 11.7 Å². The molecule has 1 N–H and O–H groups in total. The number of carbonyl (C=O) groups is 1. The van der Waals surface area contributed by atoms with Gasteiger partial charge in [-0.2, -0.15) is 0 Å². The Balaban J connectivity index is 2.83. The van der Waals surface area contributed by atoms with Gasteiger partial charge in [0.05, 0.1) is 11.8 Å². The van der Waals surface area contributed by atoms with Gasteiger partial charge in [0.25, 0.3) is 5.91 Å². The first-order valence-electron chi connectivity index (χ1n) is 4.24. The molecule has 0 atom stereocenters. The molecule has 76 valence electrons. The standard InChI is InChI=1S/C9H10ClFN2O/c1-2-3-12-9(14)7-4-6(11)5-13-8(7)10/h4-5H,2-3H2,1H3,(H,12,14). The minimum atomic E-state index is -0.573. The molecule has 0 aliphatic rings. The van der Waals surface area contributed by atoms with Gasteiger partial charge in [-0.25, -0.2) is 9.37 Å². The van der Waals surface area contributed by atoms with E-state index in [1.165, 1.54) is 0 Å². The molecule has 5 heteroatoms. The molecule has 14 heavy (non-hydrogen) atoms. The van der Waals surface area contributed by atoms with Crippen LogP contribution in [0.2, 0.25) is 5.15 Å². The summed E-state index contributed by atoms with van der Waals surface area (Å²) in [6.45, 7) is 2.46. The van der Waals surface area contributed by atoms with Gasteiger partial charge in [0.1, 0.15) is 11.0 Å². The molecule has 0 fully saturated rings. The molecule has 1 heterocycles. The van der Waals surface area contributed by atoms with E-state index in [9.17, 15) is 9.18 Å². The van der Waals surface area contributed by atoms with Crippen LogP contribution in [0.15, 0.2) is 12.3 Å². The van der Waals surface area contributed by atoms with Crippen LogP contribution in [0.25, 0.3) is 0 Å². The van der Waals surface area contributed by atoms with Crippen molar-refractivity contribution in [1.29, 1.82) is 0 Å². The molecule has 0 saturated heterocycles. The average Bonchev–Trinajstić information content (AvgIpc) is 2.18. The van der Waals surface area contributed by atoms with Crippen molar-refractivity contribution in [2.75, 3.05) is 6.54 Å². The maximum Gasteiger partial charge on any atom is 0.254 e. The number of hydrogen-bond donors (Lipinski definition) is 1. The van der Waals surface area contributed by atoms with E-state index in [-0.39, 0.29) is 10.7 Å². The van der Waals surface area contributed by atoms with Gasteiger partial charge in [-0.1, -0.05) is 18.5 Å². The van der Waals surface area contributed by atoms with Crippen LogP contribution in [0.3, 0.4) is 0 Å². The van der Waals surface area contributed by atoms with Gasteiger partial charge in [-0.3, -0.25) is 4.79 Å². The smallest absolute Gasteiger partial charge is 0.254 e. The summed E-state index contributed by atoms with van der Waals surface area (Å²) in [6.07, 6.45) is 1.78. The summed E-state index contributed by atoms with van der Waals surface area (Å²) < 4.78 is 12.7. The first-order valence-corrected chi connectivity index (χ1v) is 4.62. The van der Waals surface area contributed by atoms with Crippen LogP contribution in [-0.4, -0.2) is 17.4 Å². The Kier molecular flexibility index (Phi) is 3.83. The third-order valence-corrected chi connectivity index (χ3v) is 1.89. The molecule has 0 spiro atoms. The lowest BCUT2D eigenvalue weighted by Crippen LogP contribution is -2.24. The Hall–Kier alpha value is -1.16. The van der Waals surface area contributed by atoms with E-state index >= 15 is 0 Å². The monoisotopic (exact) mass is 216 g/mol. The van der Waals surface area contributed by atoms with Crippen LogP contribution in [0.1, 0.15) is 23.7 Å². The van der Waals surface area contributed by atoms with Crippen molar-refractivity contribution in [2.45, 2.75) is 13.3 Å². The van der Waals surface area contributed by atoms with E-state index in [1.54, 1.807) is 0 Å². The van der Waals surface area contributed by atoms with Gasteiger partial charge in [0.15, 0.2) is 0 Å². The number of carbonyl (C=O) groups excluding carboxylic acids is 1. The largest absolute Gasteiger partial charge is 0.352 e. The maximum atomic E-state index is 12.7. The zero-order valence-electron chi connectivity index (χ0n) is 7.68. The minimum absolute atomic E-state index is 0.0139. The number of amides is 1. The second kappa shape index (κ2) is 4.91. The number of aromatic nitrogens is 1. The van der Waals surface area contributed by atoms with Crippen molar-refractivity contribution in [1.82, 2.24) is 10.3 Å². The number of nitrogens with zero attached hydrogens (tertiary/aromatic N) is 1. The molecule has 0 aromatic carbocycles. The van der Waals surface area contributed by atoms with Crippen molar-refractivity contribution in [3.05, 3.63) is 28.8 Å². The van der Waals surface area contributed by atoms with Gasteiger partial charge < -0.3 is 5.32 Å². The molecule has 0 saturated carbocycles. The van der Waals surface area contributed by atoms with Gasteiger partial charge in [0, 0.05) is 6.54 Å². The van der Waals surface area contributed by atoms with Crippen LogP contribution in [-0.2, 0) is 0 Å². The summed E-state index contributed by atoms with van der Waals surface area (Å²) in [4.78, 5) is 14.9. The van der Waals surface area contributed by atoms with Crippen LogP contribution in [0.4, 0.5) is 4.39 Å². The predicted molar refractivity (Wildman–Crippen MR) is 51.8 cm³/mol. The Morgan fingerprint density at radius 1 is 1.71 bits per heavy atom. The number of rotatable bonds is 3. The van der Waals surface area contributed by atoms with Crippen molar-refractivity contribution < 1.29 is 9.18 Å². The van der Waals surface area contributed by atoms with Crippen molar-refractivity contribution in [2.24, 2.45) is 0 Å². The molecule has 1 rings (SSSR count). The second-order valence-corrected chi connectivity index (χ2v) is 3.11. The molecule has 0 bridgehead atoms. The highest BCUT2D eigenvalue weighted by atomic mass is 35.5. The van der Waals surface area contributed by atoms with E-state index in [0.29, 0.717) is 6.54 Å². The average molecular weight is 217 g/mol. The summed E-state index contributed by atoms with van der Waals surface area (Å²) in [7, 11) is 0. The number of halogens is 2. The molecule has 0 aliphatic carbocycles. The topological polar surface area (TPSA) is 42.0 Å². The second-order valence-electron chi connectivity index (χ2n) is 2.75. The fourth-order valence-corrected chi connectivity index (χ4v) is 1.10. The molecule has 0 aliphatic heterocycles. The fourth-order valence-electron chi connectivity index (χ4n) is 0.916. The molecular weight excluding hydrogens is 207 g/mol. The lowest BCUT2D eigenvalue weighted by atomic mass is 10.2. The molecule has 0 radical (unpaired) electrons. The zero-order chi connectivity index (χ0) is 10.6. The Morgan fingerprint density at radius 3 is 3.07 bits per heavy atom. The summed E-state index contributed by atoms with van der Waals surface area (Å²) in [5.41, 5.74) is 0.0696. The third kappa shape index (κ3) is 2.67. The lowest BCUT2D eigenvalue weighted by molar-refractivity contribution is 0.0953. The summed E-state index contributed by atoms with van der Waals surface area (Å²) in [5, 5.41) is 2.60. The van der Waals surface area contributed by atoms with Crippen LogP contribution in [0, 0.1) is 5.82 Å². The third-order valence-electron chi connectivity index (χ3n) is 1.59. The van der Waals surface area contributed by atoms with E-state index in [4.69, 9.17) is 11.6 Å². The highest BCUT2D eigenvalue weighted by Gasteiger charge is 2.11. The number of nitrogens with one attached hydrogen (secondary N) is 1. The Bertz CT molecular complexity index is 344. The SMILES string of the molecule is CCCNC(=O)c1cc(F)cnc1Cl. The highest BCUT2D eigenvalue weighted by Crippen LogP contribution is 2.13.